The van der Waals surface area contributed by atoms with Crippen LogP contribution in [-0.4, -0.2) is 75.7 Å². The molecule has 12 N–H and O–H groups in total. The molecule has 0 aromatic heterocycles. The maximum atomic E-state index is 10.4. The molecule has 3 aliphatic carbocycles. The van der Waals surface area contributed by atoms with Gasteiger partial charge in [0.1, 0.15) is 0 Å². The van der Waals surface area contributed by atoms with Gasteiger partial charge in [-0.3, -0.25) is 58.7 Å². The largest absolute Gasteiger partial charge is 0.507 e. The average Bonchev–Trinajstić information content (AvgIpc) is 2.80. The van der Waals surface area contributed by atoms with E-state index in [0.717, 1.165) is 0 Å². The zero-order chi connectivity index (χ0) is 39.9. The van der Waals surface area contributed by atoms with Gasteiger partial charge in [0, 0.05) is 0 Å². The van der Waals surface area contributed by atoms with Crippen LogP contribution in [0.4, 0.5) is 25.2 Å². The standard InChI is InChI=1S/C18H33P.6FH2O3P/c1-4-10-16(11-5-1)19(17-12-6-2-7-13-17)18-14-8-3-9-15-18;6*1-5(2,3)4/h16-18H,1-15H2;6*(H2,2,3,4). The van der Waals surface area contributed by atoms with Crippen molar-refractivity contribution in [2.75, 3.05) is 0 Å². The molecule has 0 aromatic carbocycles. The molecule has 0 amide bonds. The third-order valence-corrected chi connectivity index (χ3v) is 10.1. The Morgan fingerprint density at radius 3 is 0.510 bits per heavy atom. The van der Waals surface area contributed by atoms with E-state index in [1.807, 2.05) is 0 Å². The van der Waals surface area contributed by atoms with Gasteiger partial charge in [-0.2, -0.15) is 0 Å². The van der Waals surface area contributed by atoms with Crippen LogP contribution in [-0.2, 0) is 27.4 Å². The summed E-state index contributed by atoms with van der Waals surface area (Å²) in [4.78, 5) is 83.6. The summed E-state index contributed by atoms with van der Waals surface area (Å²) in [5.74, 6) is 0. The Kier molecular flexibility index (Phi) is 31.8. The minimum Gasteiger partial charge on any atom is -0.299 e. The summed E-state index contributed by atoms with van der Waals surface area (Å²) in [5, 5.41) is 0. The molecule has 0 aliphatic heterocycles. The third-order valence-electron chi connectivity index (χ3n) is 5.99. The lowest BCUT2D eigenvalue weighted by atomic mass is 9.99. The molecule has 31 heteroatoms. The Balaban J connectivity index is -0.000000280. The first-order valence-electron chi connectivity index (χ1n) is 13.7. The second-order valence-electron chi connectivity index (χ2n) is 10.2. The quantitative estimate of drug-likeness (QED) is 0.103. The maximum Gasteiger partial charge on any atom is 0.507 e. The second-order valence-corrected chi connectivity index (χ2v) is 18.9. The molecule has 0 unspecified atom stereocenters. The predicted molar refractivity (Wildman–Crippen MR) is 166 cm³/mol. The second kappa shape index (κ2) is 27.5. The van der Waals surface area contributed by atoms with E-state index in [9.17, 15) is 25.2 Å². The third kappa shape index (κ3) is 79.0. The fourth-order valence-electron chi connectivity index (χ4n) is 5.03. The molecule has 0 bridgehead atoms. The fourth-order valence-corrected chi connectivity index (χ4v) is 9.71. The van der Waals surface area contributed by atoms with Crippen LogP contribution in [0.25, 0.3) is 0 Å². The highest BCUT2D eigenvalue weighted by Gasteiger charge is 2.36. The zero-order valence-corrected chi connectivity index (χ0v) is 31.8. The van der Waals surface area contributed by atoms with Crippen molar-refractivity contribution in [3.05, 3.63) is 0 Å². The average molecular weight is 880 g/mol. The number of hydrogen-bond donors (Lipinski definition) is 12. The lowest BCUT2D eigenvalue weighted by molar-refractivity contribution is 0.320. The van der Waals surface area contributed by atoms with Crippen LogP contribution in [0.1, 0.15) is 96.3 Å². The van der Waals surface area contributed by atoms with Crippen LogP contribution >= 0.6 is 55.4 Å². The van der Waals surface area contributed by atoms with E-state index in [0.29, 0.717) is 7.92 Å². The molecule has 0 atom stereocenters. The van der Waals surface area contributed by atoms with E-state index in [1.54, 1.807) is 77.0 Å². The Bertz CT molecular complexity index is 873. The molecule has 0 heterocycles. The van der Waals surface area contributed by atoms with Gasteiger partial charge in [-0.15, -0.1) is 25.2 Å². The van der Waals surface area contributed by atoms with E-state index in [4.69, 9.17) is 86.1 Å². The first-order chi connectivity index (χ1) is 21.4. The van der Waals surface area contributed by atoms with Crippen LogP contribution in [0.5, 0.6) is 0 Å². The van der Waals surface area contributed by atoms with Gasteiger partial charge in [0.2, 0.25) is 0 Å². The van der Waals surface area contributed by atoms with Gasteiger partial charge in [-0.1, -0.05) is 65.7 Å². The van der Waals surface area contributed by atoms with Gasteiger partial charge in [-0.25, -0.2) is 27.4 Å². The highest BCUT2D eigenvalue weighted by molar-refractivity contribution is 7.60. The summed E-state index contributed by atoms with van der Waals surface area (Å²) < 4.78 is 114. The van der Waals surface area contributed by atoms with Crippen molar-refractivity contribution in [2.45, 2.75) is 113 Å². The van der Waals surface area contributed by atoms with Crippen molar-refractivity contribution in [3.63, 3.8) is 0 Å². The number of rotatable bonds is 3. The number of hydrogen-bond acceptors (Lipinski definition) is 6. The SMILES string of the molecule is C1CCC(P(C2CCCCC2)C2CCCCC2)CC1.O=P(O)(O)F.O=P(O)(O)F.O=P(O)(O)F.O=P(O)(O)F.O=P(O)(O)F.O=P(O)(O)F. The van der Waals surface area contributed by atoms with E-state index in [2.05, 4.69) is 0 Å². The molecule has 18 nitrogen and oxygen atoms in total. The molecule has 0 radical (unpaired) electrons. The van der Waals surface area contributed by atoms with E-state index in [1.165, 1.54) is 36.2 Å². The van der Waals surface area contributed by atoms with Crippen molar-refractivity contribution < 1.29 is 111 Å². The van der Waals surface area contributed by atoms with E-state index >= 15 is 0 Å². The first kappa shape index (κ1) is 56.6. The lowest BCUT2D eigenvalue weighted by Gasteiger charge is -2.44. The summed E-state index contributed by atoms with van der Waals surface area (Å²) in [6.07, 6.45) is 23.6. The lowest BCUT2D eigenvalue weighted by Crippen LogP contribution is -2.28. The molecule has 0 saturated heterocycles. The monoisotopic (exact) mass is 880 g/mol. The van der Waals surface area contributed by atoms with Gasteiger partial charge in [-0.05, 0) is 55.5 Å². The van der Waals surface area contributed by atoms with Gasteiger partial charge >= 0.3 is 47.4 Å². The van der Waals surface area contributed by atoms with Crippen LogP contribution in [0, 0.1) is 0 Å². The van der Waals surface area contributed by atoms with Crippen molar-refractivity contribution in [1.82, 2.24) is 0 Å². The smallest absolute Gasteiger partial charge is 0.299 e. The van der Waals surface area contributed by atoms with Gasteiger partial charge in [0.05, 0.1) is 0 Å². The van der Waals surface area contributed by atoms with Gasteiger partial charge < -0.3 is 0 Å². The minimum atomic E-state index is -5.14. The normalized spacial score (nSPS) is 18.4. The molecular formula is C18H45F6O18P7. The molecule has 3 fully saturated rings. The molecule has 49 heavy (non-hydrogen) atoms. The summed E-state index contributed by atoms with van der Waals surface area (Å²) in [7, 11) is -30.4. The molecule has 3 saturated carbocycles. The van der Waals surface area contributed by atoms with Crippen molar-refractivity contribution >= 4 is 55.4 Å². The van der Waals surface area contributed by atoms with Crippen molar-refractivity contribution in [3.8, 4) is 0 Å². The molecule has 302 valence electrons. The van der Waals surface area contributed by atoms with E-state index < -0.39 is 47.4 Å². The highest BCUT2D eigenvalue weighted by atomic mass is 31.2. The van der Waals surface area contributed by atoms with Crippen LogP contribution in [0.2, 0.25) is 0 Å². The summed E-state index contributed by atoms with van der Waals surface area (Å²) in [6, 6.07) is 0. The van der Waals surface area contributed by atoms with Crippen LogP contribution in [0.3, 0.4) is 0 Å². The Labute approximate surface area is 279 Å². The Morgan fingerprint density at radius 2 is 0.408 bits per heavy atom. The summed E-state index contributed by atoms with van der Waals surface area (Å²) in [5.41, 5.74) is 3.57. The molecule has 3 aliphatic rings. The summed E-state index contributed by atoms with van der Waals surface area (Å²) in [6.45, 7) is 0. The van der Waals surface area contributed by atoms with Crippen molar-refractivity contribution in [2.24, 2.45) is 0 Å². The van der Waals surface area contributed by atoms with Crippen molar-refractivity contribution in [1.29, 1.82) is 0 Å². The molecular weight excluding hydrogens is 835 g/mol. The van der Waals surface area contributed by atoms with Crippen LogP contribution in [0.15, 0.2) is 0 Å². The fraction of sp³-hybridized carbons (Fsp3) is 1.00. The zero-order valence-electron chi connectivity index (χ0n) is 25.6. The molecule has 0 spiro atoms. The minimum absolute atomic E-state index is 0.385. The van der Waals surface area contributed by atoms with Gasteiger partial charge in [0.25, 0.3) is 0 Å². The van der Waals surface area contributed by atoms with E-state index in [-0.39, 0.29) is 0 Å². The topological polar surface area (TPSA) is 345 Å². The Hall–Kier alpha value is 0.910. The highest BCUT2D eigenvalue weighted by Crippen LogP contribution is 2.61. The number of halogens is 6. The Morgan fingerprint density at radius 1 is 0.306 bits per heavy atom. The summed E-state index contributed by atoms with van der Waals surface area (Å²) >= 11 is 0. The molecule has 3 rings (SSSR count). The van der Waals surface area contributed by atoms with Gasteiger partial charge in [0.15, 0.2) is 0 Å². The first-order valence-corrected chi connectivity index (χ1v) is 24.3. The van der Waals surface area contributed by atoms with Crippen LogP contribution < -0.4 is 0 Å². The maximum absolute atomic E-state index is 10.4. The predicted octanol–water partition coefficient (Wildman–Crippen LogP) is 6.76. The molecule has 0 aromatic rings.